The minimum absolute atomic E-state index is 0.218. The zero-order valence-corrected chi connectivity index (χ0v) is 12.6. The normalized spacial score (nSPS) is 38.2. The predicted molar refractivity (Wildman–Crippen MR) is 65.8 cm³/mol. The molecular weight excluding hydrogens is 373 g/mol. The van der Waals surface area contributed by atoms with Crippen molar-refractivity contribution in [3.05, 3.63) is 0 Å². The van der Waals surface area contributed by atoms with Crippen molar-refractivity contribution >= 4 is 60.7 Å². The first kappa shape index (κ1) is 11.9. The van der Waals surface area contributed by atoms with Gasteiger partial charge in [0, 0.05) is 0 Å². The Kier molecular flexibility index (Phi) is 4.10. The zero-order valence-electron chi connectivity index (χ0n) is 7.24. The summed E-state index contributed by atoms with van der Waals surface area (Å²) < 4.78 is -0.201. The number of hydrogen-bond donors (Lipinski definition) is 0. The van der Waals surface area contributed by atoms with E-state index in [-0.39, 0.29) is 2.32 Å². The Bertz CT molecular complexity index is 174. The second kappa shape index (κ2) is 4.14. The molecule has 0 aromatic carbocycles. The molecule has 0 aliphatic heterocycles. The van der Waals surface area contributed by atoms with Gasteiger partial charge in [-0.05, 0) is 0 Å². The number of alkyl halides is 3. The molecule has 2 atom stereocenters. The molecule has 0 nitrogen and oxygen atoms in total. The molecule has 72 valence electrons. The molecule has 0 radical (unpaired) electrons. The van der Waals surface area contributed by atoms with E-state index in [4.69, 9.17) is 23.2 Å². The van der Waals surface area contributed by atoms with Crippen LogP contribution in [0.2, 0.25) is 5.82 Å². The topological polar surface area (TPSA) is 0 Å². The van der Waals surface area contributed by atoms with Crippen LogP contribution in [0.1, 0.15) is 26.2 Å². The summed E-state index contributed by atoms with van der Waals surface area (Å²) >= 11 is 15.5. The molecule has 12 heavy (non-hydrogen) atoms. The van der Waals surface area contributed by atoms with Crippen LogP contribution in [0.3, 0.4) is 0 Å². The summed E-state index contributed by atoms with van der Waals surface area (Å²) in [6, 6.07) is 0. The molecule has 0 spiro atoms. The van der Waals surface area contributed by atoms with Crippen LogP contribution in [0.4, 0.5) is 0 Å². The molecule has 0 N–H and O–H groups in total. The summed E-state index contributed by atoms with van der Waals surface area (Å²) in [7, 11) is 0. The van der Waals surface area contributed by atoms with Gasteiger partial charge in [-0.15, -0.1) is 0 Å². The summed E-state index contributed by atoms with van der Waals surface area (Å²) in [5, 5.41) is 0. The third-order valence-corrected chi connectivity index (χ3v) is 11.1. The van der Waals surface area contributed by atoms with Crippen molar-refractivity contribution in [2.24, 2.45) is 5.92 Å². The van der Waals surface area contributed by atoms with Gasteiger partial charge in [0.25, 0.3) is 0 Å². The molecule has 0 amide bonds. The Balaban J connectivity index is 2.48. The van der Waals surface area contributed by atoms with E-state index in [0.717, 1.165) is 0 Å². The standard InChI is InChI=1S/C8H13Cl2ISe/c1-3-4-5-6-7(9,10)8(6,11)12-2/h6H,3-5H2,1-2H3. The molecule has 2 unspecified atom stereocenters. The molecule has 4 heteroatoms. The van der Waals surface area contributed by atoms with Crippen LogP contribution < -0.4 is 0 Å². The molecule has 1 fully saturated rings. The van der Waals surface area contributed by atoms with E-state index in [0.29, 0.717) is 20.9 Å². The monoisotopic (exact) mass is 386 g/mol. The molecular formula is C8H13Cl2ISe. The Morgan fingerprint density at radius 2 is 2.08 bits per heavy atom. The van der Waals surface area contributed by atoms with Crippen LogP contribution in [0.25, 0.3) is 0 Å². The molecule has 0 saturated heterocycles. The first-order valence-electron chi connectivity index (χ1n) is 4.12. The maximum absolute atomic E-state index is 6.22. The van der Waals surface area contributed by atoms with E-state index < -0.39 is 4.33 Å². The van der Waals surface area contributed by atoms with Crippen LogP contribution in [-0.2, 0) is 0 Å². The fraction of sp³-hybridized carbons (Fsp3) is 1.00. The van der Waals surface area contributed by atoms with Gasteiger partial charge < -0.3 is 0 Å². The van der Waals surface area contributed by atoms with Crippen molar-refractivity contribution in [1.82, 2.24) is 0 Å². The van der Waals surface area contributed by atoms with Crippen LogP contribution in [-0.4, -0.2) is 21.6 Å². The van der Waals surface area contributed by atoms with E-state index in [9.17, 15) is 0 Å². The van der Waals surface area contributed by atoms with Crippen LogP contribution in [0.5, 0.6) is 0 Å². The van der Waals surface area contributed by atoms with Gasteiger partial charge in [-0.25, -0.2) is 0 Å². The average molecular weight is 386 g/mol. The van der Waals surface area contributed by atoms with Crippen molar-refractivity contribution in [1.29, 1.82) is 0 Å². The summed E-state index contributed by atoms with van der Waals surface area (Å²) in [5.74, 6) is 2.77. The maximum atomic E-state index is 6.22. The van der Waals surface area contributed by atoms with Gasteiger partial charge in [-0.3, -0.25) is 0 Å². The molecule has 1 rings (SSSR count). The van der Waals surface area contributed by atoms with E-state index in [1.165, 1.54) is 19.3 Å². The SMILES string of the molecule is CCCCC1C(Cl)(Cl)C1(I)[Se]C. The molecule has 1 saturated carbocycles. The Labute approximate surface area is 104 Å². The van der Waals surface area contributed by atoms with E-state index >= 15 is 0 Å². The first-order valence-corrected chi connectivity index (χ1v) is 8.53. The Hall–Kier alpha value is 1.83. The number of rotatable bonds is 4. The Morgan fingerprint density at radius 3 is 2.42 bits per heavy atom. The van der Waals surface area contributed by atoms with Crippen LogP contribution >= 0.6 is 45.8 Å². The quantitative estimate of drug-likeness (QED) is 0.391. The summed E-state index contributed by atoms with van der Waals surface area (Å²) in [5.41, 5.74) is 0. The van der Waals surface area contributed by atoms with Gasteiger partial charge in [0.2, 0.25) is 0 Å². The summed E-state index contributed by atoms with van der Waals surface area (Å²) in [6.07, 6.45) is 3.69. The molecule has 1 aliphatic rings. The molecule has 0 aromatic heterocycles. The van der Waals surface area contributed by atoms with Crippen LogP contribution in [0, 0.1) is 5.92 Å². The molecule has 1 aliphatic carbocycles. The van der Waals surface area contributed by atoms with Gasteiger partial charge in [0.1, 0.15) is 0 Å². The molecule has 0 aromatic rings. The number of hydrogen-bond acceptors (Lipinski definition) is 0. The minimum atomic E-state index is -0.419. The number of unbranched alkanes of at least 4 members (excludes halogenated alkanes) is 1. The summed E-state index contributed by atoms with van der Waals surface area (Å²) in [4.78, 5) is 0. The van der Waals surface area contributed by atoms with Gasteiger partial charge in [-0.2, -0.15) is 0 Å². The van der Waals surface area contributed by atoms with Gasteiger partial charge in [-0.1, -0.05) is 0 Å². The third-order valence-electron chi connectivity index (χ3n) is 2.40. The predicted octanol–water partition coefficient (Wildman–Crippen LogP) is 3.86. The van der Waals surface area contributed by atoms with Crippen molar-refractivity contribution < 1.29 is 0 Å². The molecule has 0 heterocycles. The van der Waals surface area contributed by atoms with Crippen molar-refractivity contribution in [3.8, 4) is 0 Å². The third kappa shape index (κ3) is 1.79. The zero-order chi connectivity index (χ0) is 9.41. The van der Waals surface area contributed by atoms with Crippen molar-refractivity contribution in [2.75, 3.05) is 0 Å². The van der Waals surface area contributed by atoms with E-state index in [2.05, 4.69) is 35.3 Å². The van der Waals surface area contributed by atoms with Gasteiger partial charge >= 0.3 is 105 Å². The summed E-state index contributed by atoms with van der Waals surface area (Å²) in [6.45, 7) is 2.21. The fourth-order valence-electron chi connectivity index (χ4n) is 1.47. The average Bonchev–Trinajstić information content (AvgIpc) is 2.45. The van der Waals surface area contributed by atoms with E-state index in [1.807, 2.05) is 0 Å². The fourth-order valence-corrected chi connectivity index (χ4v) is 6.59. The van der Waals surface area contributed by atoms with Crippen LogP contribution in [0.15, 0.2) is 0 Å². The first-order chi connectivity index (χ1) is 5.50. The van der Waals surface area contributed by atoms with Gasteiger partial charge in [0.05, 0.1) is 0 Å². The second-order valence-corrected chi connectivity index (χ2v) is 10.1. The van der Waals surface area contributed by atoms with Crippen molar-refractivity contribution in [2.45, 2.75) is 38.7 Å². The van der Waals surface area contributed by atoms with E-state index in [1.54, 1.807) is 0 Å². The number of halogens is 3. The van der Waals surface area contributed by atoms with Gasteiger partial charge in [0.15, 0.2) is 0 Å². The second-order valence-electron chi connectivity index (χ2n) is 3.17. The molecule has 0 bridgehead atoms. The van der Waals surface area contributed by atoms with Crippen molar-refractivity contribution in [3.63, 3.8) is 0 Å². The Morgan fingerprint density at radius 1 is 1.50 bits per heavy atom.